The summed E-state index contributed by atoms with van der Waals surface area (Å²) >= 11 is 0. The van der Waals surface area contributed by atoms with Gasteiger partial charge in [-0.2, -0.15) is 0 Å². The monoisotopic (exact) mass is 425 g/mol. The Hall–Kier alpha value is -3.82. The van der Waals surface area contributed by atoms with Crippen LogP contribution in [0.2, 0.25) is 0 Å². The highest BCUT2D eigenvalue weighted by molar-refractivity contribution is 5.95. The highest BCUT2D eigenvalue weighted by Gasteiger charge is 2.30. The molecule has 2 aromatic carbocycles. The molecule has 0 fully saturated rings. The summed E-state index contributed by atoms with van der Waals surface area (Å²) in [7, 11) is 4.75. The van der Waals surface area contributed by atoms with Crippen molar-refractivity contribution in [1.82, 2.24) is 9.55 Å². The number of fused-ring (bicyclic) bond motifs is 4. The third kappa shape index (κ3) is 3.11. The molecule has 162 valence electrons. The van der Waals surface area contributed by atoms with Crippen LogP contribution in [0.5, 0.6) is 28.7 Å². The van der Waals surface area contributed by atoms with E-state index < -0.39 is 6.17 Å². The number of nitrogens with two attached hydrogens (primary N) is 1. The number of hydrogen-bond acceptors (Lipinski definition) is 9. The summed E-state index contributed by atoms with van der Waals surface area (Å²) in [5.74, 6) is 3.86. The van der Waals surface area contributed by atoms with Crippen LogP contribution in [0.1, 0.15) is 18.2 Å². The van der Waals surface area contributed by atoms with Crippen LogP contribution in [0.25, 0.3) is 11.0 Å². The molecule has 0 saturated carbocycles. The summed E-state index contributed by atoms with van der Waals surface area (Å²) in [5.41, 5.74) is 8.41. The van der Waals surface area contributed by atoms with E-state index >= 15 is 0 Å². The smallest absolute Gasteiger partial charge is 0.212 e. The quantitative estimate of drug-likeness (QED) is 0.655. The second kappa shape index (κ2) is 7.46. The lowest BCUT2D eigenvalue weighted by atomic mass is 10.1. The van der Waals surface area contributed by atoms with Crippen LogP contribution >= 0.6 is 0 Å². The Morgan fingerprint density at radius 2 is 1.65 bits per heavy atom. The number of aliphatic imine (C=N–C) groups is 1. The van der Waals surface area contributed by atoms with Crippen LogP contribution in [-0.4, -0.2) is 50.1 Å². The van der Waals surface area contributed by atoms with Gasteiger partial charge in [-0.05, 0) is 6.07 Å². The lowest BCUT2D eigenvalue weighted by Gasteiger charge is -2.26. The van der Waals surface area contributed by atoms with Crippen molar-refractivity contribution in [2.45, 2.75) is 12.6 Å². The number of nitrogens with zero attached hydrogens (tertiary/aromatic N) is 3. The van der Waals surface area contributed by atoms with E-state index in [9.17, 15) is 0 Å². The predicted octanol–water partition coefficient (Wildman–Crippen LogP) is 2.51. The van der Waals surface area contributed by atoms with Crippen molar-refractivity contribution in [3.05, 3.63) is 29.8 Å². The zero-order valence-electron chi connectivity index (χ0n) is 17.5. The molecule has 0 bridgehead atoms. The first kappa shape index (κ1) is 19.2. The van der Waals surface area contributed by atoms with Gasteiger partial charge in [0.05, 0.1) is 45.6 Å². The van der Waals surface area contributed by atoms with E-state index in [1.807, 2.05) is 22.8 Å². The van der Waals surface area contributed by atoms with Gasteiger partial charge in [-0.15, -0.1) is 0 Å². The average Bonchev–Trinajstić information content (AvgIpc) is 2.97. The van der Waals surface area contributed by atoms with Gasteiger partial charge in [0.2, 0.25) is 5.95 Å². The summed E-state index contributed by atoms with van der Waals surface area (Å²) < 4.78 is 30.2. The Labute approximate surface area is 178 Å². The van der Waals surface area contributed by atoms with Gasteiger partial charge in [-0.1, -0.05) is 0 Å². The second-order valence-electron chi connectivity index (χ2n) is 7.11. The van der Waals surface area contributed by atoms with Crippen LogP contribution in [0.4, 0.5) is 5.95 Å². The first-order chi connectivity index (χ1) is 15.1. The number of aromatic nitrogens is 2. The molecule has 10 nitrogen and oxygen atoms in total. The van der Waals surface area contributed by atoms with Gasteiger partial charge in [0.15, 0.2) is 35.1 Å². The van der Waals surface area contributed by atoms with Crippen molar-refractivity contribution in [1.29, 1.82) is 0 Å². The number of methoxy groups -OCH3 is 3. The number of benzene rings is 2. The fraction of sp³-hybridized carbons (Fsp3) is 0.333. The van der Waals surface area contributed by atoms with Gasteiger partial charge in [0.25, 0.3) is 0 Å². The maximum absolute atomic E-state index is 6.10. The van der Waals surface area contributed by atoms with E-state index in [-0.39, 0.29) is 5.96 Å². The standard InChI is InChI=1S/C21H23N5O5/c1-27-14-10-16(29-3)15(28-2)7-11(14)19-24-20(22)25-21-23-12-8-17-18(9-13(12)26(19)21)31-6-4-5-30-17/h7-10,19H,4-6H2,1-3H3,(H3,22,23,24,25)/t19-/m1/s1. The Morgan fingerprint density at radius 1 is 0.968 bits per heavy atom. The van der Waals surface area contributed by atoms with Crippen molar-refractivity contribution in [3.63, 3.8) is 0 Å². The van der Waals surface area contributed by atoms with Gasteiger partial charge < -0.3 is 29.4 Å². The number of imidazole rings is 1. The fourth-order valence-corrected chi connectivity index (χ4v) is 3.89. The molecule has 0 saturated heterocycles. The average molecular weight is 425 g/mol. The molecule has 1 aromatic heterocycles. The molecule has 3 heterocycles. The minimum Gasteiger partial charge on any atom is -0.496 e. The number of rotatable bonds is 4. The Balaban J connectivity index is 1.72. The zero-order valence-corrected chi connectivity index (χ0v) is 17.5. The SMILES string of the molecule is COc1cc(OC)c([C@@H]2N=C(N)Nc3nc4cc5c(cc4n32)OCCCO5)cc1OC. The Kier molecular flexibility index (Phi) is 4.61. The lowest BCUT2D eigenvalue weighted by molar-refractivity contribution is 0.297. The van der Waals surface area contributed by atoms with Crippen LogP contribution in [0, 0.1) is 0 Å². The van der Waals surface area contributed by atoms with Gasteiger partial charge in [-0.3, -0.25) is 9.88 Å². The third-order valence-electron chi connectivity index (χ3n) is 5.32. The summed E-state index contributed by atoms with van der Waals surface area (Å²) in [6.07, 6.45) is 0.284. The largest absolute Gasteiger partial charge is 0.496 e. The summed E-state index contributed by atoms with van der Waals surface area (Å²) in [6.45, 7) is 1.20. The first-order valence-electron chi connectivity index (χ1n) is 9.84. The zero-order chi connectivity index (χ0) is 21.5. The molecule has 2 aliphatic heterocycles. The molecule has 0 radical (unpaired) electrons. The van der Waals surface area contributed by atoms with E-state index in [4.69, 9.17) is 34.4 Å². The van der Waals surface area contributed by atoms with Gasteiger partial charge in [-0.25, -0.2) is 9.98 Å². The molecule has 31 heavy (non-hydrogen) atoms. The summed E-state index contributed by atoms with van der Waals surface area (Å²) in [4.78, 5) is 9.35. The maximum Gasteiger partial charge on any atom is 0.212 e. The Bertz CT molecular complexity index is 1190. The predicted molar refractivity (Wildman–Crippen MR) is 115 cm³/mol. The molecule has 0 unspecified atom stereocenters. The van der Waals surface area contributed by atoms with Gasteiger partial charge in [0.1, 0.15) is 5.75 Å². The number of nitrogens with one attached hydrogen (secondary N) is 1. The molecule has 3 aromatic rings. The molecular formula is C21H23N5O5. The first-order valence-corrected chi connectivity index (χ1v) is 9.84. The highest BCUT2D eigenvalue weighted by Crippen LogP contribution is 2.43. The fourth-order valence-electron chi connectivity index (χ4n) is 3.89. The maximum atomic E-state index is 6.10. The molecule has 2 aliphatic rings. The van der Waals surface area contributed by atoms with E-state index in [0.717, 1.165) is 23.0 Å². The molecule has 10 heteroatoms. The van der Waals surface area contributed by atoms with Crippen LogP contribution in [0.15, 0.2) is 29.3 Å². The van der Waals surface area contributed by atoms with E-state index in [1.165, 1.54) is 0 Å². The van der Waals surface area contributed by atoms with Gasteiger partial charge in [0, 0.05) is 30.2 Å². The summed E-state index contributed by atoms with van der Waals surface area (Å²) in [5, 5.41) is 3.04. The second-order valence-corrected chi connectivity index (χ2v) is 7.11. The lowest BCUT2D eigenvalue weighted by Crippen LogP contribution is -2.31. The number of hydrogen-bond donors (Lipinski definition) is 2. The topological polar surface area (TPSA) is 114 Å². The molecule has 1 atom stereocenters. The molecule has 3 N–H and O–H groups in total. The number of guanidine groups is 1. The number of ether oxygens (including phenoxy) is 5. The van der Waals surface area contributed by atoms with Crippen LogP contribution < -0.4 is 34.7 Å². The van der Waals surface area contributed by atoms with Crippen molar-refractivity contribution in [2.24, 2.45) is 10.7 Å². The van der Waals surface area contributed by atoms with E-state index in [1.54, 1.807) is 27.4 Å². The van der Waals surface area contributed by atoms with Crippen LogP contribution in [0.3, 0.4) is 0 Å². The van der Waals surface area contributed by atoms with Crippen molar-refractivity contribution < 1.29 is 23.7 Å². The van der Waals surface area contributed by atoms with E-state index in [0.29, 0.717) is 47.9 Å². The third-order valence-corrected chi connectivity index (χ3v) is 5.32. The van der Waals surface area contributed by atoms with Crippen LogP contribution in [-0.2, 0) is 0 Å². The normalized spacial score (nSPS) is 17.3. The highest BCUT2D eigenvalue weighted by atomic mass is 16.5. The van der Waals surface area contributed by atoms with Gasteiger partial charge >= 0.3 is 0 Å². The van der Waals surface area contributed by atoms with E-state index in [2.05, 4.69) is 10.3 Å². The van der Waals surface area contributed by atoms with Crippen molar-refractivity contribution in [3.8, 4) is 28.7 Å². The molecule has 0 amide bonds. The Morgan fingerprint density at radius 3 is 2.35 bits per heavy atom. The minimum absolute atomic E-state index is 0.249. The number of anilines is 1. The molecule has 0 spiro atoms. The van der Waals surface area contributed by atoms with Crippen molar-refractivity contribution >= 4 is 22.9 Å². The summed E-state index contributed by atoms with van der Waals surface area (Å²) in [6, 6.07) is 7.40. The van der Waals surface area contributed by atoms with Crippen molar-refractivity contribution in [2.75, 3.05) is 39.9 Å². The molecule has 0 aliphatic carbocycles. The molecule has 5 rings (SSSR count). The molecular weight excluding hydrogens is 402 g/mol. The minimum atomic E-state index is -0.541.